The molecule has 0 unspecified atom stereocenters. The molecule has 0 N–H and O–H groups in total. The second kappa shape index (κ2) is 15.2. The lowest BCUT2D eigenvalue weighted by molar-refractivity contribution is 1.21. The van der Waals surface area contributed by atoms with Gasteiger partial charge >= 0.3 is 0 Å². The lowest BCUT2D eigenvalue weighted by Gasteiger charge is -2.29. The Morgan fingerprint density at radius 3 is 0.862 bits per heavy atom. The predicted molar refractivity (Wildman–Crippen MR) is 250 cm³/mol. The van der Waals surface area contributed by atoms with Gasteiger partial charge in [-0.3, -0.25) is 0 Å². The van der Waals surface area contributed by atoms with Gasteiger partial charge in [0.25, 0.3) is 0 Å². The SMILES string of the molecule is Cc1cc(C)c(N(c2ccc(-c3ccc(-c4ccc(N(c5ccc6ccccc6c5)c5c(C)cc(C)cc5C)cc4)cc3)cc2)c2ccc3ccccc3c2)c(C)c1. The first kappa shape index (κ1) is 36.7. The van der Waals surface area contributed by atoms with Gasteiger partial charge in [0.15, 0.2) is 0 Å². The quantitative estimate of drug-likeness (QED) is 0.153. The van der Waals surface area contributed by atoms with Crippen molar-refractivity contribution in [3.05, 3.63) is 215 Å². The summed E-state index contributed by atoms with van der Waals surface area (Å²) in [6, 6.07) is 66.9. The van der Waals surface area contributed by atoms with Crippen LogP contribution in [0.5, 0.6) is 0 Å². The molecule has 0 atom stereocenters. The van der Waals surface area contributed by atoms with Crippen molar-refractivity contribution in [3.63, 3.8) is 0 Å². The number of fused-ring (bicyclic) bond motifs is 2. The summed E-state index contributed by atoms with van der Waals surface area (Å²) in [4.78, 5) is 4.82. The third-order valence-electron chi connectivity index (χ3n) is 11.5. The number of hydrogen-bond donors (Lipinski definition) is 0. The molecular formula is C56H48N2. The topological polar surface area (TPSA) is 6.48 Å². The molecular weight excluding hydrogens is 701 g/mol. The van der Waals surface area contributed by atoms with Gasteiger partial charge in [0, 0.05) is 22.7 Å². The Balaban J connectivity index is 1.02. The first-order chi connectivity index (χ1) is 28.2. The van der Waals surface area contributed by atoms with Crippen LogP contribution in [0.3, 0.4) is 0 Å². The number of nitrogens with zero attached hydrogens (tertiary/aromatic N) is 2. The molecule has 2 nitrogen and oxygen atoms in total. The molecule has 0 radical (unpaired) electrons. The van der Waals surface area contributed by atoms with Crippen LogP contribution in [0.15, 0.2) is 182 Å². The van der Waals surface area contributed by atoms with Crippen LogP contribution in [-0.4, -0.2) is 0 Å². The van der Waals surface area contributed by atoms with Gasteiger partial charge in [-0.05, 0) is 156 Å². The van der Waals surface area contributed by atoms with E-state index in [0.717, 1.165) is 22.7 Å². The Bertz CT molecular complexity index is 2690. The minimum absolute atomic E-state index is 1.14. The van der Waals surface area contributed by atoms with Crippen LogP contribution in [0.2, 0.25) is 0 Å². The Labute approximate surface area is 343 Å². The minimum Gasteiger partial charge on any atom is -0.310 e. The van der Waals surface area contributed by atoms with Crippen LogP contribution in [0.4, 0.5) is 34.1 Å². The third kappa shape index (κ3) is 7.03. The van der Waals surface area contributed by atoms with E-state index in [-0.39, 0.29) is 0 Å². The number of anilines is 6. The maximum Gasteiger partial charge on any atom is 0.0520 e. The van der Waals surface area contributed by atoms with E-state index < -0.39 is 0 Å². The van der Waals surface area contributed by atoms with Crippen molar-refractivity contribution in [3.8, 4) is 22.3 Å². The second-order valence-electron chi connectivity index (χ2n) is 15.9. The zero-order valence-electron chi connectivity index (χ0n) is 34.2. The van der Waals surface area contributed by atoms with Crippen LogP contribution in [0, 0.1) is 41.5 Å². The number of aryl methyl sites for hydroxylation is 6. The fraction of sp³-hybridized carbons (Fsp3) is 0.107. The van der Waals surface area contributed by atoms with Crippen LogP contribution in [0.25, 0.3) is 43.8 Å². The fourth-order valence-electron chi connectivity index (χ4n) is 8.96. The average molecular weight is 749 g/mol. The van der Waals surface area contributed by atoms with Crippen LogP contribution in [0.1, 0.15) is 33.4 Å². The van der Waals surface area contributed by atoms with Gasteiger partial charge in [-0.2, -0.15) is 0 Å². The minimum atomic E-state index is 1.14. The molecule has 2 heteroatoms. The Hall–Kier alpha value is -6.90. The second-order valence-corrected chi connectivity index (χ2v) is 15.9. The Morgan fingerprint density at radius 2 is 0.534 bits per heavy atom. The first-order valence-electron chi connectivity index (χ1n) is 20.2. The number of benzene rings is 9. The van der Waals surface area contributed by atoms with Gasteiger partial charge < -0.3 is 9.80 Å². The Kier molecular flexibility index (Phi) is 9.63. The van der Waals surface area contributed by atoms with Crippen molar-refractivity contribution in [2.24, 2.45) is 0 Å². The van der Waals surface area contributed by atoms with Crippen LogP contribution >= 0.6 is 0 Å². The Morgan fingerprint density at radius 1 is 0.259 bits per heavy atom. The van der Waals surface area contributed by atoms with Gasteiger partial charge in [-0.25, -0.2) is 0 Å². The van der Waals surface area contributed by atoms with Gasteiger partial charge in [0.05, 0.1) is 11.4 Å². The molecule has 0 aliphatic carbocycles. The van der Waals surface area contributed by atoms with Crippen molar-refractivity contribution in [2.75, 3.05) is 9.80 Å². The van der Waals surface area contributed by atoms with E-state index in [0.29, 0.717) is 0 Å². The molecule has 0 fully saturated rings. The first-order valence-corrected chi connectivity index (χ1v) is 20.2. The van der Waals surface area contributed by atoms with Crippen molar-refractivity contribution in [1.29, 1.82) is 0 Å². The van der Waals surface area contributed by atoms with E-state index in [1.165, 1.54) is 88.6 Å². The zero-order valence-corrected chi connectivity index (χ0v) is 34.2. The molecule has 0 saturated heterocycles. The highest BCUT2D eigenvalue weighted by Gasteiger charge is 2.20. The summed E-state index contributed by atoms with van der Waals surface area (Å²) in [6.07, 6.45) is 0. The maximum atomic E-state index is 2.41. The van der Waals surface area contributed by atoms with Crippen LogP contribution < -0.4 is 9.80 Å². The molecule has 9 aromatic rings. The van der Waals surface area contributed by atoms with E-state index in [1.807, 2.05) is 0 Å². The summed E-state index contributed by atoms with van der Waals surface area (Å²) in [5.41, 5.74) is 19.4. The summed E-state index contributed by atoms with van der Waals surface area (Å²) in [5, 5.41) is 4.96. The van der Waals surface area contributed by atoms with Crippen molar-refractivity contribution in [2.45, 2.75) is 41.5 Å². The van der Waals surface area contributed by atoms with Crippen molar-refractivity contribution < 1.29 is 0 Å². The van der Waals surface area contributed by atoms with E-state index >= 15 is 0 Å². The highest BCUT2D eigenvalue weighted by Crippen LogP contribution is 2.43. The highest BCUT2D eigenvalue weighted by atomic mass is 15.2. The largest absolute Gasteiger partial charge is 0.310 e. The molecule has 0 bridgehead atoms. The lowest BCUT2D eigenvalue weighted by atomic mass is 9.98. The normalized spacial score (nSPS) is 11.3. The molecule has 0 aromatic heterocycles. The number of rotatable bonds is 8. The molecule has 0 aliphatic rings. The summed E-state index contributed by atoms with van der Waals surface area (Å²) in [7, 11) is 0. The number of hydrogen-bond acceptors (Lipinski definition) is 2. The standard InChI is InChI=1S/C56H48N2/c1-37-31-39(3)55(40(4)32-37)57(53-29-23-43-11-7-9-13-49(43)35-53)51-25-19-47(20-26-51)45-15-17-46(18-16-45)48-21-27-52(28-22-48)58(56-41(5)33-38(2)34-42(56)6)54-30-24-44-12-8-10-14-50(44)36-54/h7-36H,1-6H3. The summed E-state index contributed by atoms with van der Waals surface area (Å²) >= 11 is 0. The highest BCUT2D eigenvalue weighted by molar-refractivity contribution is 5.92. The predicted octanol–water partition coefficient (Wildman–Crippen LogP) is 16.1. The maximum absolute atomic E-state index is 2.41. The van der Waals surface area contributed by atoms with E-state index in [4.69, 9.17) is 0 Å². The molecule has 0 amide bonds. The average Bonchev–Trinajstić information content (AvgIpc) is 3.23. The van der Waals surface area contributed by atoms with Gasteiger partial charge in [0.1, 0.15) is 0 Å². The summed E-state index contributed by atoms with van der Waals surface area (Å²) < 4.78 is 0. The molecule has 0 saturated carbocycles. The van der Waals surface area contributed by atoms with Crippen LogP contribution in [-0.2, 0) is 0 Å². The lowest BCUT2D eigenvalue weighted by Crippen LogP contribution is -2.13. The van der Waals surface area contributed by atoms with Crippen molar-refractivity contribution in [1.82, 2.24) is 0 Å². The molecule has 9 aromatic carbocycles. The smallest absolute Gasteiger partial charge is 0.0520 e. The molecule has 0 spiro atoms. The molecule has 0 heterocycles. The molecule has 0 aliphatic heterocycles. The molecule has 282 valence electrons. The zero-order chi connectivity index (χ0) is 39.9. The molecule has 9 rings (SSSR count). The van der Waals surface area contributed by atoms with Gasteiger partial charge in [-0.15, -0.1) is 0 Å². The monoisotopic (exact) mass is 748 g/mol. The van der Waals surface area contributed by atoms with Gasteiger partial charge in [-0.1, -0.05) is 145 Å². The molecule has 58 heavy (non-hydrogen) atoms. The summed E-state index contributed by atoms with van der Waals surface area (Å²) in [5.74, 6) is 0. The van der Waals surface area contributed by atoms with Gasteiger partial charge in [0.2, 0.25) is 0 Å². The van der Waals surface area contributed by atoms with E-state index in [1.54, 1.807) is 0 Å². The fourth-order valence-corrected chi connectivity index (χ4v) is 8.96. The van der Waals surface area contributed by atoms with E-state index in [2.05, 4.69) is 233 Å². The summed E-state index contributed by atoms with van der Waals surface area (Å²) in [6.45, 7) is 13.2. The van der Waals surface area contributed by atoms with E-state index in [9.17, 15) is 0 Å². The van der Waals surface area contributed by atoms with Crippen molar-refractivity contribution >= 4 is 55.7 Å². The third-order valence-corrected chi connectivity index (χ3v) is 11.5.